The van der Waals surface area contributed by atoms with Gasteiger partial charge in [-0.15, -0.1) is 0 Å². The van der Waals surface area contributed by atoms with E-state index in [0.29, 0.717) is 0 Å². The van der Waals surface area contributed by atoms with E-state index in [9.17, 15) is 0 Å². The summed E-state index contributed by atoms with van der Waals surface area (Å²) in [7, 11) is 3.31. The molecule has 0 bridgehead atoms. The molecule has 3 nitrogen and oxygen atoms in total. The van der Waals surface area contributed by atoms with Crippen LogP contribution in [0.4, 0.5) is 0 Å². The molecule has 0 amide bonds. The lowest BCUT2D eigenvalue weighted by atomic mass is 10.0. The standard InChI is InChI=1S/C18H19NO2/c1-4-13-14-7-5-6-8-15(14)19-18(13)12-9-10-16(20-2)17(11-12)21-3/h5-11,19H,4H2,1-3H3. The number of hydrogen-bond donors (Lipinski definition) is 1. The summed E-state index contributed by atoms with van der Waals surface area (Å²) < 4.78 is 10.7. The third-order valence-corrected chi connectivity index (χ3v) is 3.84. The first kappa shape index (κ1) is 13.6. The Labute approximate surface area is 124 Å². The highest BCUT2D eigenvalue weighted by molar-refractivity contribution is 5.91. The average Bonchev–Trinajstić information content (AvgIpc) is 2.92. The molecule has 3 rings (SSSR count). The van der Waals surface area contributed by atoms with Gasteiger partial charge in [-0.05, 0) is 36.2 Å². The zero-order valence-corrected chi connectivity index (χ0v) is 12.6. The van der Waals surface area contributed by atoms with Crippen molar-refractivity contribution in [3.63, 3.8) is 0 Å². The molecule has 3 heteroatoms. The van der Waals surface area contributed by atoms with Crippen molar-refractivity contribution in [2.24, 2.45) is 0 Å². The molecule has 0 aliphatic carbocycles. The van der Waals surface area contributed by atoms with Crippen molar-refractivity contribution in [1.29, 1.82) is 0 Å². The molecule has 0 spiro atoms. The largest absolute Gasteiger partial charge is 0.493 e. The quantitative estimate of drug-likeness (QED) is 0.768. The number of fused-ring (bicyclic) bond motifs is 1. The summed E-state index contributed by atoms with van der Waals surface area (Å²) in [6, 6.07) is 14.4. The predicted octanol–water partition coefficient (Wildman–Crippen LogP) is 4.41. The highest BCUT2D eigenvalue weighted by Crippen LogP contribution is 2.35. The summed E-state index contributed by atoms with van der Waals surface area (Å²) >= 11 is 0. The van der Waals surface area contributed by atoms with Crippen molar-refractivity contribution in [1.82, 2.24) is 4.98 Å². The number of benzene rings is 2. The van der Waals surface area contributed by atoms with Crippen LogP contribution in [0.15, 0.2) is 42.5 Å². The summed E-state index contributed by atoms with van der Waals surface area (Å²) in [5.41, 5.74) is 4.76. The minimum absolute atomic E-state index is 0.746. The Morgan fingerprint density at radius 2 is 1.71 bits per heavy atom. The van der Waals surface area contributed by atoms with Crippen molar-refractivity contribution in [3.8, 4) is 22.8 Å². The van der Waals surface area contributed by atoms with Gasteiger partial charge in [0.05, 0.1) is 14.2 Å². The van der Waals surface area contributed by atoms with Crippen LogP contribution in [0.25, 0.3) is 22.2 Å². The van der Waals surface area contributed by atoms with Crippen molar-refractivity contribution < 1.29 is 9.47 Å². The van der Waals surface area contributed by atoms with Gasteiger partial charge in [0.25, 0.3) is 0 Å². The SMILES string of the molecule is CCc1c(-c2ccc(OC)c(OC)c2)[nH]c2ccccc12. The number of aromatic amines is 1. The van der Waals surface area contributed by atoms with E-state index >= 15 is 0 Å². The van der Waals surface area contributed by atoms with Gasteiger partial charge < -0.3 is 14.5 Å². The Kier molecular flexibility index (Phi) is 3.57. The van der Waals surface area contributed by atoms with Crippen molar-refractivity contribution in [2.45, 2.75) is 13.3 Å². The van der Waals surface area contributed by atoms with Gasteiger partial charge in [0.2, 0.25) is 0 Å². The number of aryl methyl sites for hydroxylation is 1. The maximum atomic E-state index is 5.41. The summed E-state index contributed by atoms with van der Waals surface area (Å²) in [6.07, 6.45) is 0.980. The highest BCUT2D eigenvalue weighted by Gasteiger charge is 2.13. The minimum atomic E-state index is 0.746. The van der Waals surface area contributed by atoms with Gasteiger partial charge >= 0.3 is 0 Å². The fraction of sp³-hybridized carbons (Fsp3) is 0.222. The number of H-pyrrole nitrogens is 1. The van der Waals surface area contributed by atoms with E-state index in [4.69, 9.17) is 9.47 Å². The number of nitrogens with one attached hydrogen (secondary N) is 1. The molecule has 0 aliphatic heterocycles. The first-order chi connectivity index (χ1) is 10.3. The molecule has 0 atom stereocenters. The van der Waals surface area contributed by atoms with Gasteiger partial charge in [-0.3, -0.25) is 0 Å². The van der Waals surface area contributed by atoms with E-state index in [0.717, 1.165) is 29.2 Å². The lowest BCUT2D eigenvalue weighted by molar-refractivity contribution is 0.355. The third kappa shape index (κ3) is 2.25. The summed E-state index contributed by atoms with van der Waals surface area (Å²) in [4.78, 5) is 3.52. The van der Waals surface area contributed by atoms with Crippen LogP contribution in [0.3, 0.4) is 0 Å². The molecular formula is C18H19NO2. The first-order valence-electron chi connectivity index (χ1n) is 7.10. The molecule has 3 aromatic rings. The van der Waals surface area contributed by atoms with Crippen LogP contribution in [0.2, 0.25) is 0 Å². The van der Waals surface area contributed by atoms with Gasteiger partial charge in [-0.25, -0.2) is 0 Å². The molecule has 0 fully saturated rings. The zero-order valence-electron chi connectivity index (χ0n) is 12.6. The summed E-state index contributed by atoms with van der Waals surface area (Å²) in [5.74, 6) is 1.49. The number of methoxy groups -OCH3 is 2. The lowest BCUT2D eigenvalue weighted by Crippen LogP contribution is -1.92. The molecule has 0 aliphatic rings. The zero-order chi connectivity index (χ0) is 14.8. The fourth-order valence-electron chi connectivity index (χ4n) is 2.81. The molecule has 21 heavy (non-hydrogen) atoms. The summed E-state index contributed by atoms with van der Waals surface area (Å²) in [5, 5.41) is 1.28. The van der Waals surface area contributed by atoms with Crippen LogP contribution in [0.5, 0.6) is 11.5 Å². The second-order valence-corrected chi connectivity index (χ2v) is 4.95. The highest BCUT2D eigenvalue weighted by atomic mass is 16.5. The maximum absolute atomic E-state index is 5.41. The molecule has 0 unspecified atom stereocenters. The number of para-hydroxylation sites is 1. The molecule has 0 radical (unpaired) electrons. The second-order valence-electron chi connectivity index (χ2n) is 4.95. The van der Waals surface area contributed by atoms with Gasteiger partial charge in [-0.1, -0.05) is 25.1 Å². The second kappa shape index (κ2) is 5.52. The maximum Gasteiger partial charge on any atom is 0.161 e. The molecule has 1 aromatic heterocycles. The van der Waals surface area contributed by atoms with Gasteiger partial charge in [0.15, 0.2) is 11.5 Å². The Hall–Kier alpha value is -2.42. The molecule has 0 saturated carbocycles. The Bertz CT molecular complexity index is 774. The molecule has 108 valence electrons. The van der Waals surface area contributed by atoms with E-state index in [2.05, 4.69) is 42.2 Å². The van der Waals surface area contributed by atoms with Gasteiger partial charge in [0.1, 0.15) is 0 Å². The summed E-state index contributed by atoms with van der Waals surface area (Å²) in [6.45, 7) is 2.18. The monoisotopic (exact) mass is 281 g/mol. The van der Waals surface area contributed by atoms with Crippen LogP contribution < -0.4 is 9.47 Å². The number of aromatic nitrogens is 1. The lowest BCUT2D eigenvalue weighted by Gasteiger charge is -2.10. The first-order valence-corrected chi connectivity index (χ1v) is 7.10. The Morgan fingerprint density at radius 1 is 0.952 bits per heavy atom. The normalized spacial score (nSPS) is 10.8. The number of ether oxygens (including phenoxy) is 2. The molecule has 1 heterocycles. The Morgan fingerprint density at radius 3 is 2.43 bits per heavy atom. The third-order valence-electron chi connectivity index (χ3n) is 3.84. The predicted molar refractivity (Wildman–Crippen MR) is 86.2 cm³/mol. The van der Waals surface area contributed by atoms with E-state index in [1.54, 1.807) is 14.2 Å². The van der Waals surface area contributed by atoms with E-state index in [-0.39, 0.29) is 0 Å². The molecule has 1 N–H and O–H groups in total. The van der Waals surface area contributed by atoms with E-state index in [1.807, 2.05) is 12.1 Å². The molecule has 2 aromatic carbocycles. The van der Waals surface area contributed by atoms with Crippen LogP contribution in [-0.2, 0) is 6.42 Å². The van der Waals surface area contributed by atoms with Crippen LogP contribution >= 0.6 is 0 Å². The minimum Gasteiger partial charge on any atom is -0.493 e. The van der Waals surface area contributed by atoms with Crippen LogP contribution in [-0.4, -0.2) is 19.2 Å². The van der Waals surface area contributed by atoms with Gasteiger partial charge in [0, 0.05) is 22.2 Å². The number of rotatable bonds is 4. The smallest absolute Gasteiger partial charge is 0.161 e. The van der Waals surface area contributed by atoms with Crippen molar-refractivity contribution in [2.75, 3.05) is 14.2 Å². The van der Waals surface area contributed by atoms with Crippen LogP contribution in [0, 0.1) is 0 Å². The topological polar surface area (TPSA) is 34.2 Å². The number of hydrogen-bond acceptors (Lipinski definition) is 2. The van der Waals surface area contributed by atoms with Crippen LogP contribution in [0.1, 0.15) is 12.5 Å². The van der Waals surface area contributed by atoms with Crippen molar-refractivity contribution >= 4 is 10.9 Å². The molecular weight excluding hydrogens is 262 g/mol. The van der Waals surface area contributed by atoms with E-state index in [1.165, 1.54) is 16.5 Å². The van der Waals surface area contributed by atoms with E-state index < -0.39 is 0 Å². The van der Waals surface area contributed by atoms with Crippen molar-refractivity contribution in [3.05, 3.63) is 48.0 Å². The van der Waals surface area contributed by atoms with Gasteiger partial charge in [-0.2, -0.15) is 0 Å². The Balaban J connectivity index is 2.20. The fourth-order valence-corrected chi connectivity index (χ4v) is 2.81. The average molecular weight is 281 g/mol. The molecule has 0 saturated heterocycles.